The lowest BCUT2D eigenvalue weighted by atomic mass is 10.1. The fourth-order valence-corrected chi connectivity index (χ4v) is 4.16. The first-order valence-corrected chi connectivity index (χ1v) is 11.5. The number of aromatic nitrogens is 1. The van der Waals surface area contributed by atoms with E-state index in [1.807, 2.05) is 31.2 Å². The van der Waals surface area contributed by atoms with E-state index in [-0.39, 0.29) is 5.91 Å². The lowest BCUT2D eigenvalue weighted by Gasteiger charge is -2.31. The van der Waals surface area contributed by atoms with Gasteiger partial charge in [0.05, 0.1) is 12.7 Å². The third kappa shape index (κ3) is 6.36. The third-order valence-corrected chi connectivity index (χ3v) is 6.18. The summed E-state index contributed by atoms with van der Waals surface area (Å²) < 4.78 is 16.2. The van der Waals surface area contributed by atoms with Gasteiger partial charge in [-0.3, -0.25) is 9.69 Å². The van der Waals surface area contributed by atoms with Crippen LogP contribution in [-0.4, -0.2) is 68.3 Å². The first kappa shape index (κ1) is 24.8. The van der Waals surface area contributed by atoms with Crippen molar-refractivity contribution in [3.63, 3.8) is 0 Å². The van der Waals surface area contributed by atoms with E-state index in [4.69, 9.17) is 14.2 Å². The molecule has 0 atom stereocenters. The van der Waals surface area contributed by atoms with Crippen molar-refractivity contribution >= 4 is 11.9 Å². The largest absolute Gasteiger partial charge is 0.492 e. The van der Waals surface area contributed by atoms with Crippen LogP contribution in [0.3, 0.4) is 0 Å². The molecule has 1 aliphatic rings. The average molecular weight is 458 g/mol. The Bertz CT molecular complexity index is 950. The zero-order chi connectivity index (χ0) is 23.8. The maximum Gasteiger partial charge on any atom is 0.339 e. The quantitative estimate of drug-likeness (QED) is 0.533. The molecule has 0 bridgehead atoms. The van der Waals surface area contributed by atoms with E-state index in [0.717, 1.165) is 43.9 Å². The summed E-state index contributed by atoms with van der Waals surface area (Å²) in [4.78, 5) is 30.3. The van der Waals surface area contributed by atoms with Gasteiger partial charge in [0, 0.05) is 38.0 Å². The summed E-state index contributed by atoms with van der Waals surface area (Å²) in [5.41, 5.74) is 3.06. The van der Waals surface area contributed by atoms with Gasteiger partial charge in [0.15, 0.2) is 0 Å². The van der Waals surface area contributed by atoms with Crippen LogP contribution in [0.4, 0.5) is 0 Å². The molecule has 180 valence electrons. The number of nitrogens with one attached hydrogen (secondary N) is 2. The molecule has 0 unspecified atom stereocenters. The van der Waals surface area contributed by atoms with Crippen molar-refractivity contribution in [3.8, 4) is 5.75 Å². The second-order valence-electron chi connectivity index (χ2n) is 8.33. The molecule has 1 fully saturated rings. The number of H-pyrrole nitrogens is 1. The SMILES string of the molecule is CCc1[nH]c(C(=O)NCc2cccc(OCCN(C)C3CCOCC3)c2)c(C)c1C(=O)OC. The number of carbonyl (C=O) groups is 2. The Labute approximate surface area is 195 Å². The van der Waals surface area contributed by atoms with E-state index < -0.39 is 5.97 Å². The van der Waals surface area contributed by atoms with Gasteiger partial charge in [-0.05, 0) is 56.5 Å². The number of likely N-dealkylation sites (N-methyl/N-ethyl adjacent to an activating group) is 1. The van der Waals surface area contributed by atoms with Crippen LogP contribution < -0.4 is 10.1 Å². The number of carbonyl (C=O) groups excluding carboxylic acids is 2. The minimum Gasteiger partial charge on any atom is -0.492 e. The molecule has 1 saturated heterocycles. The first-order chi connectivity index (χ1) is 15.9. The Kier molecular flexibility index (Phi) is 8.91. The number of hydrogen-bond donors (Lipinski definition) is 2. The van der Waals surface area contributed by atoms with Crippen molar-refractivity contribution in [2.45, 2.75) is 45.7 Å². The molecule has 2 aromatic rings. The van der Waals surface area contributed by atoms with Crippen molar-refractivity contribution in [1.82, 2.24) is 15.2 Å². The first-order valence-electron chi connectivity index (χ1n) is 11.5. The number of aryl methyl sites for hydroxylation is 1. The number of nitrogens with zero attached hydrogens (tertiary/aromatic N) is 1. The predicted octanol–water partition coefficient (Wildman–Crippen LogP) is 3.09. The smallest absolute Gasteiger partial charge is 0.339 e. The lowest BCUT2D eigenvalue weighted by Crippen LogP contribution is -2.38. The van der Waals surface area contributed by atoms with E-state index in [2.05, 4.69) is 22.2 Å². The van der Waals surface area contributed by atoms with Gasteiger partial charge in [-0.1, -0.05) is 19.1 Å². The van der Waals surface area contributed by atoms with Crippen LogP contribution in [0.2, 0.25) is 0 Å². The normalized spacial score (nSPS) is 14.3. The summed E-state index contributed by atoms with van der Waals surface area (Å²) in [6, 6.07) is 8.27. The molecule has 2 heterocycles. The lowest BCUT2D eigenvalue weighted by molar-refractivity contribution is 0.0392. The van der Waals surface area contributed by atoms with Crippen molar-refractivity contribution < 1.29 is 23.8 Å². The number of amides is 1. The number of esters is 1. The fourth-order valence-electron chi connectivity index (χ4n) is 4.16. The van der Waals surface area contributed by atoms with Crippen molar-refractivity contribution in [2.75, 3.05) is 40.5 Å². The molecular formula is C25H35N3O5. The van der Waals surface area contributed by atoms with Gasteiger partial charge in [0.1, 0.15) is 18.1 Å². The maximum atomic E-state index is 12.8. The van der Waals surface area contributed by atoms with E-state index in [0.29, 0.717) is 48.1 Å². The fraction of sp³-hybridized carbons (Fsp3) is 0.520. The number of aromatic amines is 1. The summed E-state index contributed by atoms with van der Waals surface area (Å²) >= 11 is 0. The molecule has 33 heavy (non-hydrogen) atoms. The number of rotatable bonds is 10. The number of hydrogen-bond acceptors (Lipinski definition) is 6. The number of benzene rings is 1. The average Bonchev–Trinajstić information content (AvgIpc) is 3.19. The molecule has 0 spiro atoms. The van der Waals surface area contributed by atoms with Gasteiger partial charge >= 0.3 is 5.97 Å². The Hall–Kier alpha value is -2.84. The van der Waals surface area contributed by atoms with Crippen molar-refractivity contribution in [3.05, 3.63) is 52.3 Å². The highest BCUT2D eigenvalue weighted by Crippen LogP contribution is 2.21. The highest BCUT2D eigenvalue weighted by atomic mass is 16.5. The number of methoxy groups -OCH3 is 1. The molecule has 1 amide bonds. The zero-order valence-corrected chi connectivity index (χ0v) is 20.0. The second-order valence-corrected chi connectivity index (χ2v) is 8.33. The van der Waals surface area contributed by atoms with Gasteiger partial charge in [-0.2, -0.15) is 0 Å². The minimum absolute atomic E-state index is 0.262. The molecule has 1 aliphatic heterocycles. The molecule has 1 aromatic carbocycles. The molecule has 0 radical (unpaired) electrons. The molecule has 1 aromatic heterocycles. The highest BCUT2D eigenvalue weighted by Gasteiger charge is 2.23. The maximum absolute atomic E-state index is 12.8. The van der Waals surface area contributed by atoms with Gasteiger partial charge in [0.25, 0.3) is 5.91 Å². The van der Waals surface area contributed by atoms with Gasteiger partial charge in [-0.25, -0.2) is 4.79 Å². The van der Waals surface area contributed by atoms with E-state index in [9.17, 15) is 9.59 Å². The molecular weight excluding hydrogens is 422 g/mol. The topological polar surface area (TPSA) is 92.9 Å². The van der Waals surface area contributed by atoms with Gasteiger partial charge < -0.3 is 24.5 Å². The third-order valence-electron chi connectivity index (χ3n) is 6.18. The number of ether oxygens (including phenoxy) is 3. The molecule has 0 saturated carbocycles. The van der Waals surface area contributed by atoms with Crippen molar-refractivity contribution in [1.29, 1.82) is 0 Å². The van der Waals surface area contributed by atoms with E-state index >= 15 is 0 Å². The second kappa shape index (κ2) is 11.9. The summed E-state index contributed by atoms with van der Waals surface area (Å²) in [6.45, 7) is 7.13. The summed E-state index contributed by atoms with van der Waals surface area (Å²) in [5, 5.41) is 2.92. The van der Waals surface area contributed by atoms with Gasteiger partial charge in [0.2, 0.25) is 0 Å². The Morgan fingerprint density at radius 2 is 2.03 bits per heavy atom. The zero-order valence-electron chi connectivity index (χ0n) is 20.0. The van der Waals surface area contributed by atoms with Crippen LogP contribution in [0, 0.1) is 6.92 Å². The van der Waals surface area contributed by atoms with Crippen LogP contribution in [0.1, 0.15) is 57.4 Å². The van der Waals surface area contributed by atoms with Gasteiger partial charge in [-0.15, -0.1) is 0 Å². The Morgan fingerprint density at radius 3 is 2.73 bits per heavy atom. The van der Waals surface area contributed by atoms with Crippen LogP contribution in [0.15, 0.2) is 24.3 Å². The summed E-state index contributed by atoms with van der Waals surface area (Å²) in [5.74, 6) is 0.0770. The highest BCUT2D eigenvalue weighted by molar-refractivity contribution is 6.00. The Morgan fingerprint density at radius 1 is 1.27 bits per heavy atom. The Balaban J connectivity index is 1.54. The van der Waals surface area contributed by atoms with Crippen LogP contribution in [0.25, 0.3) is 0 Å². The molecule has 8 heteroatoms. The van der Waals surface area contributed by atoms with E-state index in [1.165, 1.54) is 7.11 Å². The summed E-state index contributed by atoms with van der Waals surface area (Å²) in [7, 11) is 3.47. The predicted molar refractivity (Wildman–Crippen MR) is 126 cm³/mol. The molecule has 8 nitrogen and oxygen atoms in total. The monoisotopic (exact) mass is 457 g/mol. The molecule has 0 aliphatic carbocycles. The van der Waals surface area contributed by atoms with Crippen molar-refractivity contribution in [2.24, 2.45) is 0 Å². The molecule has 2 N–H and O–H groups in total. The van der Waals surface area contributed by atoms with E-state index in [1.54, 1.807) is 6.92 Å². The molecule has 3 rings (SSSR count). The van der Waals surface area contributed by atoms with Crippen LogP contribution in [-0.2, 0) is 22.4 Å². The minimum atomic E-state index is -0.438. The van der Waals surface area contributed by atoms with Crippen LogP contribution in [0.5, 0.6) is 5.75 Å². The summed E-state index contributed by atoms with van der Waals surface area (Å²) in [6.07, 6.45) is 2.72. The standard InChI is InChI=1S/C25H35N3O5/c1-5-21-22(25(30)31-4)17(2)23(27-21)24(29)26-16-18-7-6-8-20(15-18)33-14-11-28(3)19-9-12-32-13-10-19/h6-8,15,19,27H,5,9-14,16H2,1-4H3,(H,26,29). The van der Waals surface area contributed by atoms with Crippen LogP contribution >= 0.6 is 0 Å².